The summed E-state index contributed by atoms with van der Waals surface area (Å²) in [6, 6.07) is 19.2. The van der Waals surface area contributed by atoms with Gasteiger partial charge in [-0.05, 0) is 42.0 Å². The van der Waals surface area contributed by atoms with Gasteiger partial charge in [-0.15, -0.1) is 0 Å². The lowest BCUT2D eigenvalue weighted by molar-refractivity contribution is -0.384. The van der Waals surface area contributed by atoms with E-state index in [0.29, 0.717) is 22.8 Å². The number of nitro benzene ring substituents is 1. The summed E-state index contributed by atoms with van der Waals surface area (Å²) in [7, 11) is 0. The first-order valence-electron chi connectivity index (χ1n) is 11.0. The van der Waals surface area contributed by atoms with Gasteiger partial charge in [0.05, 0.1) is 22.0 Å². The molecule has 1 aliphatic rings. The normalized spacial score (nSPS) is 15.0. The average Bonchev–Trinajstić information content (AvgIpc) is 3.50. The third kappa shape index (κ3) is 4.62. The number of non-ortho nitro benzene ring substituents is 1. The van der Waals surface area contributed by atoms with Crippen LogP contribution in [0.2, 0.25) is 0 Å². The summed E-state index contributed by atoms with van der Waals surface area (Å²) in [5.74, 6) is 0.532. The highest BCUT2D eigenvalue weighted by atomic mass is 16.6. The number of H-pyrrole nitrogens is 1. The van der Waals surface area contributed by atoms with Crippen molar-refractivity contribution in [1.82, 2.24) is 15.0 Å². The SMILES string of the molecule is CC(=O)Nc1ccc(OC(=O)N2N=C(c3nc4ccccc4[nH]3)CC2c2cccc([N+](=O)[O-])c2)cc1. The van der Waals surface area contributed by atoms with Crippen LogP contribution in [0.1, 0.15) is 30.8 Å². The fourth-order valence-corrected chi connectivity index (χ4v) is 3.97. The van der Waals surface area contributed by atoms with Crippen LogP contribution in [0.4, 0.5) is 16.2 Å². The number of aromatic amines is 1. The van der Waals surface area contributed by atoms with Crippen LogP contribution in [-0.4, -0.2) is 37.6 Å². The van der Waals surface area contributed by atoms with Crippen molar-refractivity contribution in [2.45, 2.75) is 19.4 Å². The molecule has 0 fully saturated rings. The summed E-state index contributed by atoms with van der Waals surface area (Å²) in [5, 5.41) is 19.6. The highest BCUT2D eigenvalue weighted by molar-refractivity contribution is 6.02. The van der Waals surface area contributed by atoms with Gasteiger partial charge < -0.3 is 15.0 Å². The number of imidazole rings is 1. The second-order valence-corrected chi connectivity index (χ2v) is 8.14. The summed E-state index contributed by atoms with van der Waals surface area (Å²) in [4.78, 5) is 43.0. The average molecular weight is 484 g/mol. The van der Waals surface area contributed by atoms with Crippen molar-refractivity contribution in [3.05, 3.63) is 94.3 Å². The number of rotatable bonds is 5. The molecule has 2 N–H and O–H groups in total. The van der Waals surface area contributed by atoms with E-state index in [0.717, 1.165) is 11.0 Å². The summed E-state index contributed by atoms with van der Waals surface area (Å²) in [6.45, 7) is 1.40. The Morgan fingerprint density at radius 1 is 1.11 bits per heavy atom. The zero-order valence-corrected chi connectivity index (χ0v) is 19.0. The van der Waals surface area contributed by atoms with Gasteiger partial charge in [-0.3, -0.25) is 14.9 Å². The number of nitrogens with zero attached hydrogens (tertiary/aromatic N) is 4. The molecule has 1 unspecified atom stereocenters. The van der Waals surface area contributed by atoms with E-state index in [1.54, 1.807) is 36.4 Å². The maximum absolute atomic E-state index is 13.2. The van der Waals surface area contributed by atoms with Gasteiger partial charge in [0.2, 0.25) is 5.91 Å². The number of carbonyl (C=O) groups is 2. The van der Waals surface area contributed by atoms with Crippen molar-refractivity contribution in [2.24, 2.45) is 5.10 Å². The van der Waals surface area contributed by atoms with E-state index in [1.165, 1.54) is 24.1 Å². The molecule has 11 heteroatoms. The van der Waals surface area contributed by atoms with Crippen LogP contribution >= 0.6 is 0 Å². The lowest BCUT2D eigenvalue weighted by Crippen LogP contribution is -2.29. The maximum atomic E-state index is 13.2. The zero-order valence-electron chi connectivity index (χ0n) is 19.0. The molecule has 0 spiro atoms. The zero-order chi connectivity index (χ0) is 25.2. The van der Waals surface area contributed by atoms with Gasteiger partial charge in [-0.2, -0.15) is 10.1 Å². The number of nitro groups is 1. The van der Waals surface area contributed by atoms with Crippen molar-refractivity contribution in [3.63, 3.8) is 0 Å². The number of hydrogen-bond acceptors (Lipinski definition) is 7. The molecule has 0 saturated carbocycles. The Hall–Kier alpha value is -5.06. The summed E-state index contributed by atoms with van der Waals surface area (Å²) >= 11 is 0. The van der Waals surface area contributed by atoms with Gasteiger partial charge in [0.1, 0.15) is 11.5 Å². The first kappa shape index (κ1) is 22.7. The molecule has 36 heavy (non-hydrogen) atoms. The molecule has 0 radical (unpaired) electrons. The van der Waals surface area contributed by atoms with Gasteiger partial charge in [-0.1, -0.05) is 24.3 Å². The lowest BCUT2D eigenvalue weighted by Gasteiger charge is -2.21. The predicted octanol–water partition coefficient (Wildman–Crippen LogP) is 4.78. The van der Waals surface area contributed by atoms with Crippen molar-refractivity contribution in [2.75, 3.05) is 5.32 Å². The number of aromatic nitrogens is 2. The summed E-state index contributed by atoms with van der Waals surface area (Å²) < 4.78 is 5.53. The number of hydrazone groups is 1. The molecule has 1 aliphatic heterocycles. The Bertz CT molecular complexity index is 1480. The van der Waals surface area contributed by atoms with E-state index in [4.69, 9.17) is 4.74 Å². The third-order valence-corrected chi connectivity index (χ3v) is 5.61. The molecule has 1 aromatic heterocycles. The molecule has 2 amide bonds. The van der Waals surface area contributed by atoms with Gasteiger partial charge in [0, 0.05) is 31.2 Å². The van der Waals surface area contributed by atoms with Gasteiger partial charge in [0.25, 0.3) is 5.69 Å². The van der Waals surface area contributed by atoms with Crippen LogP contribution in [0.15, 0.2) is 77.9 Å². The predicted molar refractivity (Wildman–Crippen MR) is 132 cm³/mol. The first-order chi connectivity index (χ1) is 17.4. The van der Waals surface area contributed by atoms with E-state index < -0.39 is 17.1 Å². The smallest absolute Gasteiger partial charge is 0.409 e. The highest BCUT2D eigenvalue weighted by Crippen LogP contribution is 2.35. The van der Waals surface area contributed by atoms with E-state index in [-0.39, 0.29) is 23.8 Å². The van der Waals surface area contributed by atoms with Gasteiger partial charge in [0.15, 0.2) is 5.82 Å². The number of ether oxygens (including phenoxy) is 1. The van der Waals surface area contributed by atoms with E-state index in [9.17, 15) is 19.7 Å². The van der Waals surface area contributed by atoms with E-state index in [1.807, 2.05) is 24.3 Å². The number of anilines is 1. The number of amides is 2. The molecule has 4 aromatic rings. The molecule has 0 bridgehead atoms. The number of nitrogens with one attached hydrogen (secondary N) is 2. The van der Waals surface area contributed by atoms with Crippen LogP contribution in [-0.2, 0) is 4.79 Å². The summed E-state index contributed by atoms with van der Waals surface area (Å²) in [5.41, 5.74) is 3.09. The van der Waals surface area contributed by atoms with E-state index >= 15 is 0 Å². The monoisotopic (exact) mass is 484 g/mol. The summed E-state index contributed by atoms with van der Waals surface area (Å²) in [6.07, 6.45) is -0.484. The first-order valence-corrected chi connectivity index (χ1v) is 11.0. The van der Waals surface area contributed by atoms with Crippen molar-refractivity contribution < 1.29 is 19.2 Å². The minimum Gasteiger partial charge on any atom is -0.409 e. The van der Waals surface area contributed by atoms with Crippen molar-refractivity contribution in [3.8, 4) is 5.75 Å². The van der Waals surface area contributed by atoms with E-state index in [2.05, 4.69) is 20.4 Å². The Morgan fingerprint density at radius 3 is 2.61 bits per heavy atom. The largest absolute Gasteiger partial charge is 0.436 e. The number of hydrogen-bond donors (Lipinski definition) is 2. The molecule has 5 rings (SSSR count). The quantitative estimate of drug-likeness (QED) is 0.308. The Kier molecular flexibility index (Phi) is 5.87. The molecule has 0 saturated heterocycles. The van der Waals surface area contributed by atoms with Crippen LogP contribution in [0.3, 0.4) is 0 Å². The fourth-order valence-electron chi connectivity index (χ4n) is 3.97. The molecule has 3 aromatic carbocycles. The molecular formula is C25H20N6O5. The molecule has 1 atom stereocenters. The molecular weight excluding hydrogens is 464 g/mol. The minimum absolute atomic E-state index is 0.0911. The Morgan fingerprint density at radius 2 is 1.89 bits per heavy atom. The minimum atomic E-state index is -0.759. The standard InChI is InChI=1S/C25H20N6O5/c1-15(32)26-17-9-11-19(12-10-17)36-25(33)30-23(16-5-4-6-18(13-16)31(34)35)14-22(29-30)24-27-20-7-2-3-8-21(20)28-24/h2-13,23H,14H2,1H3,(H,26,32)(H,27,28). The highest BCUT2D eigenvalue weighted by Gasteiger charge is 2.36. The molecule has 0 aliphatic carbocycles. The molecule has 180 valence electrons. The topological polar surface area (TPSA) is 143 Å². The lowest BCUT2D eigenvalue weighted by atomic mass is 10.0. The van der Waals surface area contributed by atoms with Crippen LogP contribution in [0, 0.1) is 10.1 Å². The van der Waals surface area contributed by atoms with Crippen molar-refractivity contribution in [1.29, 1.82) is 0 Å². The number of fused-ring (bicyclic) bond motifs is 1. The van der Waals surface area contributed by atoms with Gasteiger partial charge in [-0.25, -0.2) is 9.78 Å². The van der Waals surface area contributed by atoms with Crippen LogP contribution < -0.4 is 10.1 Å². The van der Waals surface area contributed by atoms with Crippen LogP contribution in [0.5, 0.6) is 5.75 Å². The number of para-hydroxylation sites is 2. The van der Waals surface area contributed by atoms with Crippen molar-refractivity contribution >= 4 is 40.1 Å². The van der Waals surface area contributed by atoms with Crippen LogP contribution in [0.25, 0.3) is 11.0 Å². The Balaban J connectivity index is 1.46. The number of carbonyl (C=O) groups excluding carboxylic acids is 2. The number of benzene rings is 3. The second kappa shape index (κ2) is 9.29. The van der Waals surface area contributed by atoms with Gasteiger partial charge >= 0.3 is 6.09 Å². The molecule has 2 heterocycles. The Labute approximate surface area is 204 Å². The fraction of sp³-hybridized carbons (Fsp3) is 0.120. The molecule has 11 nitrogen and oxygen atoms in total. The third-order valence-electron chi connectivity index (χ3n) is 5.61. The maximum Gasteiger partial charge on any atom is 0.436 e. The second-order valence-electron chi connectivity index (χ2n) is 8.14.